The highest BCUT2D eigenvalue weighted by Gasteiger charge is 2.67. The lowest BCUT2D eigenvalue weighted by Gasteiger charge is -2.38. The summed E-state index contributed by atoms with van der Waals surface area (Å²) in [5.74, 6) is -1.00. The number of sulfone groups is 1. The summed E-state index contributed by atoms with van der Waals surface area (Å²) in [5, 5.41) is 1.31. The number of sulfonamides is 1. The number of nitrogens with one attached hydrogen (secondary N) is 1. The summed E-state index contributed by atoms with van der Waals surface area (Å²) in [6, 6.07) is 7.56. The molecule has 1 unspecified atom stereocenters. The maximum Gasteiger partial charge on any atom is 0.343 e. The van der Waals surface area contributed by atoms with Gasteiger partial charge in [0.1, 0.15) is 5.25 Å². The molecule has 0 bridgehead atoms. The molecule has 0 radical (unpaired) electrons. The summed E-state index contributed by atoms with van der Waals surface area (Å²) < 4.78 is 63.2. The number of hydrogen-bond donors (Lipinski definition) is 1. The van der Waals surface area contributed by atoms with Crippen LogP contribution >= 0.6 is 0 Å². The average molecular weight is 435 g/mol. The fraction of sp³-hybridized carbons (Fsp3) is 0.588. The van der Waals surface area contributed by atoms with Gasteiger partial charge in [-0.1, -0.05) is 25.1 Å². The van der Waals surface area contributed by atoms with Gasteiger partial charge in [0.25, 0.3) is 0 Å². The Morgan fingerprint density at radius 3 is 2.29 bits per heavy atom. The normalized spacial score (nSPS) is 26.3. The average Bonchev–Trinajstić information content (AvgIpc) is 3.03. The van der Waals surface area contributed by atoms with Crippen LogP contribution < -0.4 is 5.32 Å². The Morgan fingerprint density at radius 2 is 1.82 bits per heavy atom. The van der Waals surface area contributed by atoms with E-state index in [1.807, 2.05) is 6.92 Å². The first-order chi connectivity index (χ1) is 13.1. The molecular formula is C17H26N2O7S2. The summed E-state index contributed by atoms with van der Waals surface area (Å²) in [7, 11) is -5.80. The van der Waals surface area contributed by atoms with Crippen LogP contribution in [0.15, 0.2) is 35.2 Å². The van der Waals surface area contributed by atoms with Crippen LogP contribution in [-0.4, -0.2) is 77.7 Å². The zero-order chi connectivity index (χ0) is 21.2. The molecule has 1 heterocycles. The van der Waals surface area contributed by atoms with Gasteiger partial charge in [-0.15, -0.1) is 0 Å². The van der Waals surface area contributed by atoms with Gasteiger partial charge in [0.15, 0.2) is 9.84 Å². The number of hydrogen-bond acceptors (Lipinski definition) is 8. The minimum atomic E-state index is -4.18. The SMILES string of the molecule is CCCN[C@@]1(C(=O)OC)C(S(=O)(=O)c2ccccc2)[C@@H](OC)CN1S(C)(=O)=O. The summed E-state index contributed by atoms with van der Waals surface area (Å²) in [4.78, 5) is 12.9. The lowest BCUT2D eigenvalue weighted by Crippen LogP contribution is -2.69. The number of esters is 1. The van der Waals surface area contributed by atoms with Crippen molar-refractivity contribution >= 4 is 25.8 Å². The molecule has 1 saturated heterocycles. The standard InChI is InChI=1S/C17H26N2O7S2/c1-5-11-18-17(16(20)26-3)15(14(25-2)12-19(17)27(4,21)22)28(23,24)13-9-7-6-8-10-13/h6-10,14-15,18H,5,11-12H2,1-4H3/t14-,15?,17-/m0/s1. The number of methoxy groups -OCH3 is 2. The van der Waals surface area contributed by atoms with Crippen molar-refractivity contribution < 1.29 is 31.1 Å². The largest absolute Gasteiger partial charge is 0.467 e. The molecular weight excluding hydrogens is 408 g/mol. The van der Waals surface area contributed by atoms with Gasteiger partial charge in [0, 0.05) is 13.7 Å². The van der Waals surface area contributed by atoms with E-state index >= 15 is 0 Å². The Labute approximate surface area is 166 Å². The van der Waals surface area contributed by atoms with E-state index in [1.54, 1.807) is 18.2 Å². The number of carbonyl (C=O) groups excluding carboxylic acids is 1. The van der Waals surface area contributed by atoms with Crippen LogP contribution in [0.5, 0.6) is 0 Å². The number of ether oxygens (including phenoxy) is 2. The zero-order valence-electron chi connectivity index (χ0n) is 16.3. The van der Waals surface area contributed by atoms with Gasteiger partial charge < -0.3 is 9.47 Å². The van der Waals surface area contributed by atoms with Gasteiger partial charge in [-0.2, -0.15) is 4.31 Å². The van der Waals surface area contributed by atoms with E-state index in [0.717, 1.165) is 17.7 Å². The molecule has 1 aromatic rings. The zero-order valence-corrected chi connectivity index (χ0v) is 17.9. The highest BCUT2D eigenvalue weighted by Crippen LogP contribution is 2.39. The molecule has 2 rings (SSSR count). The van der Waals surface area contributed by atoms with E-state index in [9.17, 15) is 21.6 Å². The third-order valence-corrected chi connectivity index (χ3v) is 8.22. The Morgan fingerprint density at radius 1 is 1.21 bits per heavy atom. The summed E-state index contributed by atoms with van der Waals surface area (Å²) in [5.41, 5.74) is -2.15. The minimum Gasteiger partial charge on any atom is -0.467 e. The Bertz CT molecular complexity index is 903. The Kier molecular flexibility index (Phi) is 6.87. The van der Waals surface area contributed by atoms with E-state index in [4.69, 9.17) is 9.47 Å². The summed E-state index contributed by atoms with van der Waals surface area (Å²) >= 11 is 0. The smallest absolute Gasteiger partial charge is 0.343 e. The van der Waals surface area contributed by atoms with Crippen molar-refractivity contribution in [1.29, 1.82) is 0 Å². The van der Waals surface area contributed by atoms with E-state index in [2.05, 4.69) is 5.32 Å². The van der Waals surface area contributed by atoms with E-state index in [1.165, 1.54) is 19.2 Å². The first-order valence-electron chi connectivity index (χ1n) is 8.70. The minimum absolute atomic E-state index is 0.0380. The van der Waals surface area contributed by atoms with Crippen LogP contribution in [0.25, 0.3) is 0 Å². The predicted molar refractivity (Wildman–Crippen MR) is 103 cm³/mol. The number of carbonyl (C=O) groups is 1. The van der Waals surface area contributed by atoms with Crippen molar-refractivity contribution in [2.45, 2.75) is 35.3 Å². The van der Waals surface area contributed by atoms with Gasteiger partial charge in [0.2, 0.25) is 15.7 Å². The molecule has 1 aliphatic rings. The highest BCUT2D eigenvalue weighted by molar-refractivity contribution is 7.92. The van der Waals surface area contributed by atoms with E-state index in [0.29, 0.717) is 6.42 Å². The molecule has 0 aromatic heterocycles. The molecule has 9 nitrogen and oxygen atoms in total. The first-order valence-corrected chi connectivity index (χ1v) is 12.1. The molecule has 11 heteroatoms. The lowest BCUT2D eigenvalue weighted by atomic mass is 10.1. The number of rotatable bonds is 8. The first kappa shape index (κ1) is 22.8. The van der Waals surface area contributed by atoms with Crippen molar-refractivity contribution in [2.24, 2.45) is 0 Å². The molecule has 28 heavy (non-hydrogen) atoms. The molecule has 0 saturated carbocycles. The number of benzene rings is 1. The number of nitrogens with zero attached hydrogens (tertiary/aromatic N) is 1. The third-order valence-electron chi connectivity index (χ3n) is 4.74. The second-order valence-corrected chi connectivity index (χ2v) is 10.5. The topological polar surface area (TPSA) is 119 Å². The van der Waals surface area contributed by atoms with Gasteiger partial charge in [-0.3, -0.25) is 5.32 Å². The highest BCUT2D eigenvalue weighted by atomic mass is 32.2. The molecule has 1 aliphatic heterocycles. The second-order valence-electron chi connectivity index (χ2n) is 6.53. The van der Waals surface area contributed by atoms with Gasteiger partial charge >= 0.3 is 5.97 Å². The lowest BCUT2D eigenvalue weighted by molar-refractivity contribution is -0.152. The second kappa shape index (κ2) is 8.46. The fourth-order valence-corrected chi connectivity index (χ4v) is 6.98. The molecule has 0 amide bonds. The van der Waals surface area contributed by atoms with Crippen LogP contribution in [0, 0.1) is 0 Å². The van der Waals surface area contributed by atoms with Crippen LogP contribution in [0.3, 0.4) is 0 Å². The Balaban J connectivity index is 2.81. The van der Waals surface area contributed by atoms with Crippen LogP contribution in [0.2, 0.25) is 0 Å². The Hall–Kier alpha value is -1.53. The van der Waals surface area contributed by atoms with Crippen LogP contribution in [0.4, 0.5) is 0 Å². The van der Waals surface area contributed by atoms with E-state index in [-0.39, 0.29) is 18.0 Å². The molecule has 0 spiro atoms. The molecule has 3 atom stereocenters. The van der Waals surface area contributed by atoms with Gasteiger partial charge in [-0.25, -0.2) is 21.6 Å². The predicted octanol–water partition coefficient (Wildman–Crippen LogP) is -0.0120. The summed E-state index contributed by atoms with van der Waals surface area (Å²) in [6.07, 6.45) is 0.373. The fourth-order valence-electron chi connectivity index (χ4n) is 3.54. The molecule has 1 aromatic carbocycles. The van der Waals surface area contributed by atoms with Crippen LogP contribution in [0.1, 0.15) is 13.3 Å². The van der Waals surface area contributed by atoms with Crippen molar-refractivity contribution in [3.63, 3.8) is 0 Å². The van der Waals surface area contributed by atoms with Crippen molar-refractivity contribution in [3.05, 3.63) is 30.3 Å². The quantitative estimate of drug-likeness (QED) is 0.568. The van der Waals surface area contributed by atoms with E-state index < -0.39 is 42.8 Å². The van der Waals surface area contributed by atoms with Crippen molar-refractivity contribution in [1.82, 2.24) is 9.62 Å². The van der Waals surface area contributed by atoms with Crippen molar-refractivity contribution in [3.8, 4) is 0 Å². The molecule has 158 valence electrons. The van der Waals surface area contributed by atoms with Gasteiger partial charge in [0.05, 0.1) is 24.4 Å². The monoisotopic (exact) mass is 434 g/mol. The third kappa shape index (κ3) is 3.81. The molecule has 0 aliphatic carbocycles. The van der Waals surface area contributed by atoms with Crippen molar-refractivity contribution in [2.75, 3.05) is 33.6 Å². The maximum atomic E-state index is 13.5. The van der Waals surface area contributed by atoms with Crippen LogP contribution in [-0.2, 0) is 34.1 Å². The molecule has 1 N–H and O–H groups in total. The summed E-state index contributed by atoms with van der Waals surface area (Å²) in [6.45, 7) is 1.70. The maximum absolute atomic E-state index is 13.5. The molecule has 1 fully saturated rings. The van der Waals surface area contributed by atoms with Gasteiger partial charge in [-0.05, 0) is 25.1 Å².